The van der Waals surface area contributed by atoms with Gasteiger partial charge in [-0.3, -0.25) is 4.79 Å². The van der Waals surface area contributed by atoms with Crippen molar-refractivity contribution in [2.45, 2.75) is 13.8 Å². The van der Waals surface area contributed by atoms with E-state index >= 15 is 0 Å². The smallest absolute Gasteiger partial charge is 0.260 e. The van der Waals surface area contributed by atoms with Crippen molar-refractivity contribution in [3.8, 4) is 17.1 Å². The van der Waals surface area contributed by atoms with Gasteiger partial charge >= 0.3 is 0 Å². The summed E-state index contributed by atoms with van der Waals surface area (Å²) in [5.41, 5.74) is 5.19. The van der Waals surface area contributed by atoms with E-state index in [1.165, 1.54) is 0 Å². The molecule has 1 saturated heterocycles. The number of nitrogens with one attached hydrogen (secondary N) is 1. The van der Waals surface area contributed by atoms with Gasteiger partial charge in [0.15, 0.2) is 6.61 Å². The Bertz CT molecular complexity index is 947. The van der Waals surface area contributed by atoms with Crippen molar-refractivity contribution >= 4 is 16.9 Å². The number of carbonyl (C=O) groups is 1. The first-order valence-corrected chi connectivity index (χ1v) is 9.67. The number of benzene rings is 2. The van der Waals surface area contributed by atoms with E-state index < -0.39 is 0 Å². The highest BCUT2D eigenvalue weighted by molar-refractivity contribution is 5.81. The van der Waals surface area contributed by atoms with Crippen molar-refractivity contribution in [2.75, 3.05) is 39.8 Å². The van der Waals surface area contributed by atoms with Gasteiger partial charge in [-0.15, -0.1) is 0 Å². The molecule has 0 spiro atoms. The number of hydrogen-bond acceptors (Lipinski definition) is 4. The molecule has 1 N–H and O–H groups in total. The summed E-state index contributed by atoms with van der Waals surface area (Å²) in [6.07, 6.45) is 0. The Kier molecular flexibility index (Phi) is 5.05. The molecule has 0 aliphatic carbocycles. The number of nitrogens with zero attached hydrogens (tertiary/aromatic N) is 3. The van der Waals surface area contributed by atoms with E-state index in [4.69, 9.17) is 9.72 Å². The molecule has 3 aromatic rings. The molecular formula is C22H26N4O2. The van der Waals surface area contributed by atoms with Gasteiger partial charge in [-0.25, -0.2) is 4.98 Å². The van der Waals surface area contributed by atoms with Crippen LogP contribution in [0.3, 0.4) is 0 Å². The molecule has 2 heterocycles. The number of imidazole rings is 1. The first-order chi connectivity index (χ1) is 13.5. The maximum absolute atomic E-state index is 12.4. The monoisotopic (exact) mass is 378 g/mol. The molecule has 2 aromatic carbocycles. The highest BCUT2D eigenvalue weighted by Crippen LogP contribution is 2.30. The molecule has 0 radical (unpaired) electrons. The Hall–Kier alpha value is -2.86. The van der Waals surface area contributed by atoms with Crippen molar-refractivity contribution < 1.29 is 9.53 Å². The van der Waals surface area contributed by atoms with Gasteiger partial charge in [-0.05, 0) is 56.3 Å². The van der Waals surface area contributed by atoms with E-state index in [9.17, 15) is 4.79 Å². The second-order valence-corrected chi connectivity index (χ2v) is 7.51. The average Bonchev–Trinajstić information content (AvgIpc) is 3.09. The zero-order valence-corrected chi connectivity index (χ0v) is 16.7. The third-order valence-corrected chi connectivity index (χ3v) is 5.35. The van der Waals surface area contributed by atoms with E-state index in [0.29, 0.717) is 0 Å². The Labute approximate surface area is 165 Å². The zero-order valence-electron chi connectivity index (χ0n) is 16.7. The van der Waals surface area contributed by atoms with Crippen LogP contribution in [0.1, 0.15) is 11.1 Å². The maximum Gasteiger partial charge on any atom is 0.260 e. The van der Waals surface area contributed by atoms with Gasteiger partial charge in [-0.2, -0.15) is 0 Å². The quantitative estimate of drug-likeness (QED) is 0.758. The second kappa shape index (κ2) is 7.64. The lowest BCUT2D eigenvalue weighted by molar-refractivity contribution is -0.134. The molecule has 4 rings (SSSR count). The fraction of sp³-hybridized carbons (Fsp3) is 0.364. The molecule has 0 saturated carbocycles. The Morgan fingerprint density at radius 2 is 1.79 bits per heavy atom. The van der Waals surface area contributed by atoms with Crippen LogP contribution in [0.25, 0.3) is 22.4 Å². The molecule has 28 heavy (non-hydrogen) atoms. The zero-order chi connectivity index (χ0) is 19.7. The van der Waals surface area contributed by atoms with Crippen LogP contribution in [0.4, 0.5) is 0 Å². The highest BCUT2D eigenvalue weighted by atomic mass is 16.5. The molecule has 1 fully saturated rings. The van der Waals surface area contributed by atoms with Gasteiger partial charge in [0.1, 0.15) is 11.6 Å². The normalized spacial score (nSPS) is 15.2. The van der Waals surface area contributed by atoms with Crippen molar-refractivity contribution in [1.82, 2.24) is 19.8 Å². The summed E-state index contributed by atoms with van der Waals surface area (Å²) < 4.78 is 5.82. The highest BCUT2D eigenvalue weighted by Gasteiger charge is 2.20. The average molecular weight is 378 g/mol. The van der Waals surface area contributed by atoms with Gasteiger partial charge in [0, 0.05) is 31.7 Å². The van der Waals surface area contributed by atoms with Gasteiger partial charge in [0.25, 0.3) is 5.91 Å². The molecule has 6 nitrogen and oxygen atoms in total. The number of rotatable bonds is 4. The number of aromatic nitrogens is 2. The summed E-state index contributed by atoms with van der Waals surface area (Å²) in [5.74, 6) is 1.62. The van der Waals surface area contributed by atoms with Gasteiger partial charge in [0.05, 0.1) is 11.0 Å². The third-order valence-electron chi connectivity index (χ3n) is 5.35. The van der Waals surface area contributed by atoms with Gasteiger partial charge in [-0.1, -0.05) is 12.1 Å². The van der Waals surface area contributed by atoms with Crippen molar-refractivity contribution in [3.63, 3.8) is 0 Å². The van der Waals surface area contributed by atoms with Crippen LogP contribution in [0.2, 0.25) is 0 Å². The van der Waals surface area contributed by atoms with E-state index in [1.807, 2.05) is 55.1 Å². The standard InChI is InChI=1S/C22H26N4O2/c1-15-12-17(28-14-20(27)26-10-8-25(3)9-11-26)13-16(2)21(15)22-23-18-6-4-5-7-19(18)24-22/h4-7,12-13H,8-11,14H2,1-3H3,(H,23,24). The van der Waals surface area contributed by atoms with Crippen LogP contribution in [-0.4, -0.2) is 65.5 Å². The number of amides is 1. The predicted molar refractivity (Wildman–Crippen MR) is 111 cm³/mol. The van der Waals surface area contributed by atoms with E-state index in [0.717, 1.165) is 65.5 Å². The van der Waals surface area contributed by atoms with Crippen molar-refractivity contribution in [1.29, 1.82) is 0 Å². The minimum Gasteiger partial charge on any atom is -0.484 e. The second-order valence-electron chi connectivity index (χ2n) is 7.51. The molecule has 1 aliphatic heterocycles. The molecule has 0 bridgehead atoms. The third kappa shape index (κ3) is 3.73. The molecule has 0 unspecified atom stereocenters. The SMILES string of the molecule is Cc1cc(OCC(=O)N2CCN(C)CC2)cc(C)c1-c1nc2ccccc2[nH]1. The van der Waals surface area contributed by atoms with Crippen molar-refractivity contribution in [2.24, 2.45) is 0 Å². The molecule has 1 aliphatic rings. The van der Waals surface area contributed by atoms with Crippen LogP contribution in [0, 0.1) is 13.8 Å². The Balaban J connectivity index is 1.49. The lowest BCUT2D eigenvalue weighted by Crippen LogP contribution is -2.48. The predicted octanol–water partition coefficient (Wildman–Crippen LogP) is 3.00. The maximum atomic E-state index is 12.4. The van der Waals surface area contributed by atoms with E-state index in [-0.39, 0.29) is 12.5 Å². The number of likely N-dealkylation sites (N-methyl/N-ethyl adjacent to an activating group) is 1. The number of ether oxygens (including phenoxy) is 1. The first-order valence-electron chi connectivity index (χ1n) is 9.67. The lowest BCUT2D eigenvalue weighted by atomic mass is 10.0. The molecule has 0 atom stereocenters. The molecule has 146 valence electrons. The van der Waals surface area contributed by atoms with Crippen LogP contribution < -0.4 is 4.74 Å². The van der Waals surface area contributed by atoms with Gasteiger partial charge < -0.3 is 19.5 Å². The topological polar surface area (TPSA) is 61.5 Å². The Morgan fingerprint density at radius 3 is 2.46 bits per heavy atom. The molecule has 1 aromatic heterocycles. The lowest BCUT2D eigenvalue weighted by Gasteiger charge is -2.32. The number of piperazine rings is 1. The van der Waals surface area contributed by atoms with Gasteiger partial charge in [0.2, 0.25) is 0 Å². The number of hydrogen-bond donors (Lipinski definition) is 1. The number of fused-ring (bicyclic) bond motifs is 1. The summed E-state index contributed by atoms with van der Waals surface area (Å²) in [4.78, 5) is 24.6. The Morgan fingerprint density at radius 1 is 1.11 bits per heavy atom. The fourth-order valence-electron chi connectivity index (χ4n) is 3.74. The number of aryl methyl sites for hydroxylation is 2. The number of H-pyrrole nitrogens is 1. The van der Waals surface area contributed by atoms with Crippen LogP contribution >= 0.6 is 0 Å². The summed E-state index contributed by atoms with van der Waals surface area (Å²) in [7, 11) is 2.08. The van der Waals surface area contributed by atoms with Crippen LogP contribution in [-0.2, 0) is 4.79 Å². The first kappa shape index (κ1) is 18.5. The minimum atomic E-state index is 0.0461. The van der Waals surface area contributed by atoms with Crippen LogP contribution in [0.5, 0.6) is 5.75 Å². The summed E-state index contributed by atoms with van der Waals surface area (Å²) in [5, 5.41) is 0. The molecule has 6 heteroatoms. The molecule has 1 amide bonds. The van der Waals surface area contributed by atoms with Crippen molar-refractivity contribution in [3.05, 3.63) is 47.5 Å². The van der Waals surface area contributed by atoms with E-state index in [2.05, 4.69) is 16.9 Å². The van der Waals surface area contributed by atoms with E-state index in [1.54, 1.807) is 0 Å². The largest absolute Gasteiger partial charge is 0.484 e. The number of carbonyl (C=O) groups excluding carboxylic acids is 1. The summed E-state index contributed by atoms with van der Waals surface area (Å²) in [6.45, 7) is 7.53. The molecular weight excluding hydrogens is 352 g/mol. The van der Waals surface area contributed by atoms with Crippen LogP contribution in [0.15, 0.2) is 36.4 Å². The number of aromatic amines is 1. The minimum absolute atomic E-state index is 0.0461. The summed E-state index contributed by atoms with van der Waals surface area (Å²) in [6, 6.07) is 12.0. The number of para-hydroxylation sites is 2. The summed E-state index contributed by atoms with van der Waals surface area (Å²) >= 11 is 0. The fourth-order valence-corrected chi connectivity index (χ4v) is 3.74.